The lowest BCUT2D eigenvalue weighted by Crippen LogP contribution is -2.37. The van der Waals surface area contributed by atoms with Crippen molar-refractivity contribution >= 4 is 29.1 Å². The maximum Gasteiger partial charge on any atom is 0.224 e. The lowest BCUT2D eigenvalue weighted by molar-refractivity contribution is -0.120. The molecule has 2 N–H and O–H groups in total. The molecule has 9 heteroatoms. The molecule has 1 aliphatic heterocycles. The summed E-state index contributed by atoms with van der Waals surface area (Å²) in [6, 6.07) is 6.26. The predicted molar refractivity (Wildman–Crippen MR) is 106 cm³/mol. The summed E-state index contributed by atoms with van der Waals surface area (Å²) in [6.45, 7) is 5.66. The van der Waals surface area contributed by atoms with Crippen LogP contribution in [0.5, 0.6) is 0 Å². The summed E-state index contributed by atoms with van der Waals surface area (Å²) in [5.74, 6) is 1.45. The number of hydrogen-bond acceptors (Lipinski definition) is 6. The lowest BCUT2D eigenvalue weighted by atomic mass is 10.1. The second-order valence-electron chi connectivity index (χ2n) is 6.41. The van der Waals surface area contributed by atoms with Crippen molar-refractivity contribution in [2.45, 2.75) is 13.3 Å². The molecule has 0 spiro atoms. The number of carbonyl (C=O) groups excluding carboxylic acids is 1. The third kappa shape index (κ3) is 5.53. The molecular formula is C19H23ClFN5O2. The molecule has 2 heterocycles. The van der Waals surface area contributed by atoms with Crippen LogP contribution in [0.3, 0.4) is 0 Å². The van der Waals surface area contributed by atoms with E-state index in [4.69, 9.17) is 16.3 Å². The number of benzene rings is 1. The van der Waals surface area contributed by atoms with E-state index >= 15 is 0 Å². The maximum atomic E-state index is 13.7. The fourth-order valence-electron chi connectivity index (χ4n) is 2.91. The molecule has 7 nitrogen and oxygen atoms in total. The third-order valence-corrected chi connectivity index (χ3v) is 4.67. The highest BCUT2D eigenvalue weighted by atomic mass is 35.5. The normalized spacial score (nSPS) is 14.0. The Morgan fingerprint density at radius 2 is 2.07 bits per heavy atom. The summed E-state index contributed by atoms with van der Waals surface area (Å²) in [7, 11) is 0. The van der Waals surface area contributed by atoms with Gasteiger partial charge in [-0.3, -0.25) is 4.79 Å². The molecule has 2 aromatic rings. The van der Waals surface area contributed by atoms with E-state index in [9.17, 15) is 9.18 Å². The Bertz CT molecular complexity index is 810. The van der Waals surface area contributed by atoms with Gasteiger partial charge in [0.1, 0.15) is 23.3 Å². The fraction of sp³-hybridized carbons (Fsp3) is 0.421. The summed E-state index contributed by atoms with van der Waals surface area (Å²) < 4.78 is 19.1. The number of rotatable bonds is 7. The highest BCUT2D eigenvalue weighted by molar-refractivity contribution is 6.31. The van der Waals surface area contributed by atoms with Crippen LogP contribution in [0.25, 0.3) is 0 Å². The van der Waals surface area contributed by atoms with Gasteiger partial charge in [-0.15, -0.1) is 0 Å². The molecule has 1 fully saturated rings. The highest BCUT2D eigenvalue weighted by Gasteiger charge is 2.14. The van der Waals surface area contributed by atoms with Gasteiger partial charge in [0.2, 0.25) is 5.91 Å². The smallest absolute Gasteiger partial charge is 0.224 e. The number of hydrogen-bond donors (Lipinski definition) is 2. The van der Waals surface area contributed by atoms with Crippen LogP contribution >= 0.6 is 11.6 Å². The van der Waals surface area contributed by atoms with Crippen molar-refractivity contribution in [3.05, 3.63) is 46.5 Å². The van der Waals surface area contributed by atoms with Gasteiger partial charge in [0, 0.05) is 42.8 Å². The molecule has 0 unspecified atom stereocenters. The van der Waals surface area contributed by atoms with Gasteiger partial charge in [0.05, 0.1) is 19.6 Å². The van der Waals surface area contributed by atoms with Gasteiger partial charge < -0.3 is 20.3 Å². The van der Waals surface area contributed by atoms with Gasteiger partial charge in [-0.05, 0) is 19.1 Å². The third-order valence-electron chi connectivity index (χ3n) is 4.31. The minimum atomic E-state index is -0.479. The summed E-state index contributed by atoms with van der Waals surface area (Å²) >= 11 is 5.95. The van der Waals surface area contributed by atoms with Crippen molar-refractivity contribution in [3.63, 3.8) is 0 Å². The van der Waals surface area contributed by atoms with E-state index in [2.05, 4.69) is 25.5 Å². The van der Waals surface area contributed by atoms with E-state index in [0.717, 1.165) is 18.9 Å². The van der Waals surface area contributed by atoms with E-state index in [-0.39, 0.29) is 22.9 Å². The zero-order valence-electron chi connectivity index (χ0n) is 15.7. The van der Waals surface area contributed by atoms with Crippen LogP contribution in [0.15, 0.2) is 24.3 Å². The first-order valence-electron chi connectivity index (χ1n) is 9.15. The molecule has 0 atom stereocenters. The number of ether oxygens (including phenoxy) is 1. The summed E-state index contributed by atoms with van der Waals surface area (Å²) in [5, 5.41) is 6.18. The van der Waals surface area contributed by atoms with E-state index in [1.807, 2.05) is 13.0 Å². The minimum absolute atomic E-state index is 0.0979. The molecule has 0 radical (unpaired) electrons. The minimum Gasteiger partial charge on any atom is -0.378 e. The Balaban J connectivity index is 1.48. The number of amides is 1. The second kappa shape index (κ2) is 9.66. The Morgan fingerprint density at radius 1 is 1.29 bits per heavy atom. The molecule has 0 aliphatic carbocycles. The van der Waals surface area contributed by atoms with Crippen LogP contribution in [-0.4, -0.2) is 55.3 Å². The number of nitrogens with zero attached hydrogens (tertiary/aromatic N) is 3. The van der Waals surface area contributed by atoms with Gasteiger partial charge in [-0.1, -0.05) is 17.7 Å². The fourth-order valence-corrected chi connectivity index (χ4v) is 3.14. The van der Waals surface area contributed by atoms with Gasteiger partial charge in [0.15, 0.2) is 0 Å². The van der Waals surface area contributed by atoms with Crippen LogP contribution in [0, 0.1) is 12.7 Å². The number of aryl methyl sites for hydroxylation is 1. The van der Waals surface area contributed by atoms with Crippen LogP contribution in [0.1, 0.15) is 11.4 Å². The monoisotopic (exact) mass is 407 g/mol. The first-order chi connectivity index (χ1) is 13.5. The number of aromatic nitrogens is 2. The lowest BCUT2D eigenvalue weighted by Gasteiger charge is -2.28. The maximum absolute atomic E-state index is 13.7. The summed E-state index contributed by atoms with van der Waals surface area (Å²) in [6.07, 6.45) is -0.0979. The molecule has 0 saturated carbocycles. The number of nitrogens with one attached hydrogen (secondary N) is 2. The van der Waals surface area contributed by atoms with Gasteiger partial charge >= 0.3 is 0 Å². The standard InChI is InChI=1S/C19H23ClFN5O2/c1-13-24-17(12-18(25-13)26-7-9-28-10-8-26)22-5-6-23-19(27)11-14-15(20)3-2-4-16(14)21/h2-4,12H,5-11H2,1H3,(H,23,27)(H,22,24,25). The highest BCUT2D eigenvalue weighted by Crippen LogP contribution is 2.19. The molecule has 1 aromatic carbocycles. The summed E-state index contributed by atoms with van der Waals surface area (Å²) in [5.41, 5.74) is 0.205. The van der Waals surface area contributed by atoms with Crippen molar-refractivity contribution in [3.8, 4) is 0 Å². The van der Waals surface area contributed by atoms with Crippen molar-refractivity contribution in [1.29, 1.82) is 0 Å². The van der Waals surface area contributed by atoms with E-state index < -0.39 is 5.82 Å². The van der Waals surface area contributed by atoms with E-state index in [1.165, 1.54) is 12.1 Å². The van der Waals surface area contributed by atoms with Gasteiger partial charge in [-0.2, -0.15) is 0 Å². The van der Waals surface area contributed by atoms with Crippen molar-refractivity contribution in [2.75, 3.05) is 49.6 Å². The first-order valence-corrected chi connectivity index (χ1v) is 9.52. The quantitative estimate of drug-likeness (QED) is 0.685. The van der Waals surface area contributed by atoms with Gasteiger partial charge in [-0.25, -0.2) is 14.4 Å². The first kappa shape index (κ1) is 20.3. The van der Waals surface area contributed by atoms with Crippen LogP contribution in [0.4, 0.5) is 16.0 Å². The van der Waals surface area contributed by atoms with Crippen LogP contribution < -0.4 is 15.5 Å². The van der Waals surface area contributed by atoms with Crippen molar-refractivity contribution in [1.82, 2.24) is 15.3 Å². The molecule has 1 aliphatic rings. The molecule has 0 bridgehead atoms. The number of halogens is 2. The Morgan fingerprint density at radius 3 is 2.82 bits per heavy atom. The number of carbonyl (C=O) groups is 1. The second-order valence-corrected chi connectivity index (χ2v) is 6.82. The Labute approximate surface area is 168 Å². The molecule has 1 amide bonds. The SMILES string of the molecule is Cc1nc(NCCNC(=O)Cc2c(F)cccc2Cl)cc(N2CCOCC2)n1. The molecule has 3 rings (SSSR count). The topological polar surface area (TPSA) is 79.4 Å². The average molecular weight is 408 g/mol. The van der Waals surface area contributed by atoms with E-state index in [0.29, 0.717) is 37.9 Å². The zero-order chi connectivity index (χ0) is 19.9. The molecule has 1 aromatic heterocycles. The van der Waals surface area contributed by atoms with Crippen molar-refractivity contribution < 1.29 is 13.9 Å². The predicted octanol–water partition coefficient (Wildman–Crippen LogP) is 2.18. The molecule has 150 valence electrons. The number of anilines is 2. The Hall–Kier alpha value is -2.45. The molecular weight excluding hydrogens is 385 g/mol. The van der Waals surface area contributed by atoms with Crippen LogP contribution in [-0.2, 0) is 16.0 Å². The molecule has 28 heavy (non-hydrogen) atoms. The van der Waals surface area contributed by atoms with Crippen LogP contribution in [0.2, 0.25) is 5.02 Å². The summed E-state index contributed by atoms with van der Waals surface area (Å²) in [4.78, 5) is 23.0. The average Bonchev–Trinajstić information content (AvgIpc) is 2.68. The Kier molecular flexibility index (Phi) is 7.00. The van der Waals surface area contributed by atoms with Gasteiger partial charge in [0.25, 0.3) is 0 Å². The zero-order valence-corrected chi connectivity index (χ0v) is 16.4. The van der Waals surface area contributed by atoms with Crippen molar-refractivity contribution in [2.24, 2.45) is 0 Å². The van der Waals surface area contributed by atoms with E-state index in [1.54, 1.807) is 6.07 Å². The molecule has 1 saturated heterocycles. The number of morpholine rings is 1. The largest absolute Gasteiger partial charge is 0.378 e.